The van der Waals surface area contributed by atoms with E-state index >= 15 is 0 Å². The van der Waals surface area contributed by atoms with Gasteiger partial charge in [-0.1, -0.05) is 13.8 Å². The lowest BCUT2D eigenvalue weighted by molar-refractivity contribution is -0.123. The van der Waals surface area contributed by atoms with Gasteiger partial charge < -0.3 is 10.2 Å². The average molecular weight is 237 g/mol. The first-order valence-corrected chi connectivity index (χ1v) is 6.38. The topological polar surface area (TPSA) is 56.1 Å². The molecule has 1 aliphatic rings. The van der Waals surface area contributed by atoms with Gasteiger partial charge in [0.05, 0.1) is 6.07 Å². The van der Waals surface area contributed by atoms with Gasteiger partial charge in [-0.15, -0.1) is 0 Å². The minimum Gasteiger partial charge on any atom is -0.338 e. The van der Waals surface area contributed by atoms with Crippen LogP contribution in [0.15, 0.2) is 0 Å². The molecule has 4 heteroatoms. The van der Waals surface area contributed by atoms with Gasteiger partial charge in [0.25, 0.3) is 0 Å². The maximum Gasteiger partial charge on any atom is 0.221 e. The quantitative estimate of drug-likeness (QED) is 0.806. The lowest BCUT2D eigenvalue weighted by atomic mass is 9.89. The number of piperidine rings is 1. The van der Waals surface area contributed by atoms with E-state index in [0.29, 0.717) is 12.3 Å². The fraction of sp³-hybridized carbons (Fsp3) is 0.846. The number of hydrogen-bond donors (Lipinski definition) is 1. The third kappa shape index (κ3) is 4.35. The van der Waals surface area contributed by atoms with E-state index in [-0.39, 0.29) is 5.91 Å². The van der Waals surface area contributed by atoms with Crippen molar-refractivity contribution in [3.05, 3.63) is 0 Å². The summed E-state index contributed by atoms with van der Waals surface area (Å²) in [7, 11) is 2.04. The number of carbonyl (C=O) groups is 1. The van der Waals surface area contributed by atoms with Crippen LogP contribution in [0.5, 0.6) is 0 Å². The van der Waals surface area contributed by atoms with Crippen molar-refractivity contribution in [2.45, 2.75) is 45.1 Å². The number of nitrogens with one attached hydrogen (secondary N) is 1. The van der Waals surface area contributed by atoms with Crippen LogP contribution in [-0.4, -0.2) is 36.5 Å². The van der Waals surface area contributed by atoms with Gasteiger partial charge in [-0.3, -0.25) is 4.79 Å². The molecular weight excluding hydrogens is 214 g/mol. The fourth-order valence-electron chi connectivity index (χ4n) is 2.01. The maximum absolute atomic E-state index is 11.8. The number of rotatable bonds is 4. The van der Waals surface area contributed by atoms with Crippen LogP contribution in [-0.2, 0) is 4.79 Å². The summed E-state index contributed by atoms with van der Waals surface area (Å²) >= 11 is 0. The summed E-state index contributed by atoms with van der Waals surface area (Å²) in [5.74, 6) is 0.543. The molecule has 0 spiro atoms. The molecule has 1 amide bonds. The molecular formula is C13H23N3O. The number of likely N-dealkylation sites (tertiary alicyclic amines) is 1. The van der Waals surface area contributed by atoms with E-state index in [1.165, 1.54) is 0 Å². The lowest BCUT2D eigenvalue weighted by Gasteiger charge is -2.36. The summed E-state index contributed by atoms with van der Waals surface area (Å²) in [6.07, 6.45) is 2.87. The lowest BCUT2D eigenvalue weighted by Crippen LogP contribution is -2.53. The predicted octanol–water partition coefficient (Wildman–Crippen LogP) is 1.53. The first-order chi connectivity index (χ1) is 7.97. The zero-order chi connectivity index (χ0) is 12.9. The molecule has 4 nitrogen and oxygen atoms in total. The molecule has 17 heavy (non-hydrogen) atoms. The standard InChI is InChI=1S/C13H23N3O/c1-11(2)4-5-12(17)15-13(10-14)6-8-16(3)9-7-13/h11H,4-9H2,1-3H3,(H,15,17). The normalized spacial score (nSPS) is 19.9. The van der Waals surface area contributed by atoms with E-state index in [1.807, 2.05) is 7.05 Å². The Labute approximate surface area is 104 Å². The average Bonchev–Trinajstić information content (AvgIpc) is 2.30. The molecule has 0 aromatic carbocycles. The summed E-state index contributed by atoms with van der Waals surface area (Å²) in [6.45, 7) is 5.95. The van der Waals surface area contributed by atoms with Crippen LogP contribution in [0.2, 0.25) is 0 Å². The number of nitriles is 1. The van der Waals surface area contributed by atoms with E-state index in [0.717, 1.165) is 32.4 Å². The zero-order valence-electron chi connectivity index (χ0n) is 11.1. The molecule has 0 saturated carbocycles. The molecule has 0 unspecified atom stereocenters. The number of carbonyl (C=O) groups excluding carboxylic acids is 1. The summed E-state index contributed by atoms with van der Waals surface area (Å²) in [4.78, 5) is 14.0. The summed E-state index contributed by atoms with van der Waals surface area (Å²) < 4.78 is 0. The molecule has 0 bridgehead atoms. The van der Waals surface area contributed by atoms with Gasteiger partial charge in [0.15, 0.2) is 0 Å². The molecule has 0 aliphatic carbocycles. The smallest absolute Gasteiger partial charge is 0.221 e. The Kier molecular flexibility index (Phi) is 4.95. The Hall–Kier alpha value is -1.08. The van der Waals surface area contributed by atoms with Gasteiger partial charge in [-0.2, -0.15) is 5.26 Å². The molecule has 1 N–H and O–H groups in total. The van der Waals surface area contributed by atoms with E-state index in [2.05, 4.69) is 30.1 Å². The first-order valence-electron chi connectivity index (χ1n) is 6.38. The second kappa shape index (κ2) is 6.02. The highest BCUT2D eigenvalue weighted by Crippen LogP contribution is 2.21. The van der Waals surface area contributed by atoms with Gasteiger partial charge >= 0.3 is 0 Å². The van der Waals surface area contributed by atoms with Crippen molar-refractivity contribution in [2.75, 3.05) is 20.1 Å². The molecule has 1 heterocycles. The second-order valence-corrected chi connectivity index (χ2v) is 5.48. The largest absolute Gasteiger partial charge is 0.338 e. The predicted molar refractivity (Wildman–Crippen MR) is 67.3 cm³/mol. The second-order valence-electron chi connectivity index (χ2n) is 5.48. The SMILES string of the molecule is CC(C)CCC(=O)NC1(C#N)CCN(C)CC1. The van der Waals surface area contributed by atoms with Crippen LogP contribution in [0.3, 0.4) is 0 Å². The fourth-order valence-corrected chi connectivity index (χ4v) is 2.01. The minimum absolute atomic E-state index is 0.0183. The molecule has 1 aliphatic heterocycles. The van der Waals surface area contributed by atoms with E-state index in [9.17, 15) is 10.1 Å². The Morgan fingerprint density at radius 3 is 2.53 bits per heavy atom. The van der Waals surface area contributed by atoms with Gasteiger partial charge in [0.2, 0.25) is 5.91 Å². The maximum atomic E-state index is 11.8. The van der Waals surface area contributed by atoms with Crippen molar-refractivity contribution in [3.63, 3.8) is 0 Å². The Balaban J connectivity index is 2.47. The molecule has 0 aromatic rings. The van der Waals surface area contributed by atoms with Crippen LogP contribution in [0.25, 0.3) is 0 Å². The van der Waals surface area contributed by atoms with Crippen molar-refractivity contribution in [1.29, 1.82) is 5.26 Å². The summed E-state index contributed by atoms with van der Waals surface area (Å²) in [5, 5.41) is 12.2. The van der Waals surface area contributed by atoms with Crippen LogP contribution in [0.4, 0.5) is 0 Å². The van der Waals surface area contributed by atoms with Crippen molar-refractivity contribution < 1.29 is 4.79 Å². The zero-order valence-corrected chi connectivity index (χ0v) is 11.1. The monoisotopic (exact) mass is 237 g/mol. The Bertz CT molecular complexity index is 298. The van der Waals surface area contributed by atoms with E-state index in [4.69, 9.17) is 0 Å². The van der Waals surface area contributed by atoms with Gasteiger partial charge in [-0.25, -0.2) is 0 Å². The highest BCUT2D eigenvalue weighted by atomic mass is 16.1. The summed E-state index contributed by atoms with van der Waals surface area (Å²) in [6, 6.07) is 2.30. The van der Waals surface area contributed by atoms with Crippen molar-refractivity contribution in [3.8, 4) is 6.07 Å². The number of amides is 1. The molecule has 1 rings (SSSR count). The molecule has 0 radical (unpaired) electrons. The van der Waals surface area contributed by atoms with Crippen LogP contribution in [0.1, 0.15) is 39.5 Å². The third-order valence-electron chi connectivity index (χ3n) is 3.38. The van der Waals surface area contributed by atoms with Crippen molar-refractivity contribution >= 4 is 5.91 Å². The van der Waals surface area contributed by atoms with Gasteiger partial charge in [-0.05, 0) is 32.2 Å². The van der Waals surface area contributed by atoms with Crippen LogP contribution < -0.4 is 5.32 Å². The van der Waals surface area contributed by atoms with Crippen molar-refractivity contribution in [2.24, 2.45) is 5.92 Å². The Morgan fingerprint density at radius 1 is 1.47 bits per heavy atom. The third-order valence-corrected chi connectivity index (χ3v) is 3.38. The molecule has 0 atom stereocenters. The summed E-state index contributed by atoms with van der Waals surface area (Å²) in [5.41, 5.74) is -0.624. The first kappa shape index (κ1) is 14.0. The van der Waals surface area contributed by atoms with Gasteiger partial charge in [0, 0.05) is 19.5 Å². The number of hydrogen-bond acceptors (Lipinski definition) is 3. The molecule has 1 saturated heterocycles. The van der Waals surface area contributed by atoms with Crippen molar-refractivity contribution in [1.82, 2.24) is 10.2 Å². The highest BCUT2D eigenvalue weighted by molar-refractivity contribution is 5.77. The van der Waals surface area contributed by atoms with Crippen LogP contribution >= 0.6 is 0 Å². The molecule has 0 aromatic heterocycles. The number of nitrogens with zero attached hydrogens (tertiary/aromatic N) is 2. The van der Waals surface area contributed by atoms with E-state index < -0.39 is 5.54 Å². The molecule has 1 fully saturated rings. The van der Waals surface area contributed by atoms with Crippen LogP contribution in [0, 0.1) is 17.2 Å². The highest BCUT2D eigenvalue weighted by Gasteiger charge is 2.34. The molecule has 96 valence electrons. The minimum atomic E-state index is -0.624. The Morgan fingerprint density at radius 2 is 2.06 bits per heavy atom. The van der Waals surface area contributed by atoms with E-state index in [1.54, 1.807) is 0 Å². The van der Waals surface area contributed by atoms with Gasteiger partial charge in [0.1, 0.15) is 5.54 Å².